The summed E-state index contributed by atoms with van der Waals surface area (Å²) in [6.45, 7) is 7.19. The van der Waals surface area contributed by atoms with E-state index in [1.165, 1.54) is 0 Å². The number of hydrogen-bond donors (Lipinski definition) is 2. The molecule has 1 aliphatic rings. The Hall–Kier alpha value is -4.26. The second-order valence-corrected chi connectivity index (χ2v) is 11.5. The second-order valence-electron chi connectivity index (χ2n) is 11.5. The number of urea groups is 1. The van der Waals surface area contributed by atoms with Gasteiger partial charge in [-0.1, -0.05) is 43.7 Å². The fraction of sp³-hybridized carbons (Fsp3) is 0.394. The van der Waals surface area contributed by atoms with Gasteiger partial charge in [-0.25, -0.2) is 4.79 Å². The summed E-state index contributed by atoms with van der Waals surface area (Å²) >= 11 is 0. The van der Waals surface area contributed by atoms with E-state index >= 15 is 0 Å². The van der Waals surface area contributed by atoms with Gasteiger partial charge in [-0.05, 0) is 86.7 Å². The quantitative estimate of drug-likeness (QED) is 0.165. The zero-order valence-electron chi connectivity index (χ0n) is 25.6. The van der Waals surface area contributed by atoms with Crippen molar-refractivity contribution in [3.8, 4) is 17.2 Å². The number of aliphatic hydroxyl groups is 1. The molecule has 3 aromatic rings. The maximum Gasteiger partial charge on any atom is 0.430 e. The van der Waals surface area contributed by atoms with Crippen molar-refractivity contribution >= 4 is 11.9 Å². The highest BCUT2D eigenvalue weighted by Crippen LogP contribution is 2.50. The molecule has 46 heavy (non-hydrogen) atoms. The number of halogens is 6. The summed E-state index contributed by atoms with van der Waals surface area (Å²) in [5, 5.41) is 12.6. The van der Waals surface area contributed by atoms with Crippen molar-refractivity contribution in [1.82, 2.24) is 10.2 Å². The number of rotatable bonds is 11. The minimum absolute atomic E-state index is 0.0216. The molecule has 1 heterocycles. The van der Waals surface area contributed by atoms with Crippen LogP contribution in [0.15, 0.2) is 66.7 Å². The zero-order chi connectivity index (χ0) is 34.1. The Balaban J connectivity index is 1.45. The van der Waals surface area contributed by atoms with Crippen LogP contribution < -0.4 is 14.8 Å². The van der Waals surface area contributed by atoms with Crippen LogP contribution >= 0.6 is 0 Å². The lowest BCUT2D eigenvalue weighted by atomic mass is 9.90. The Morgan fingerprint density at radius 3 is 2.00 bits per heavy atom. The van der Waals surface area contributed by atoms with Crippen molar-refractivity contribution in [2.24, 2.45) is 0 Å². The van der Waals surface area contributed by atoms with Crippen molar-refractivity contribution in [2.45, 2.75) is 76.6 Å². The number of nitrogens with one attached hydrogen (secondary N) is 1. The highest BCUT2D eigenvalue weighted by atomic mass is 19.4. The lowest BCUT2D eigenvalue weighted by molar-refractivity contribution is -0.376. The average Bonchev–Trinajstić information content (AvgIpc) is 3.19. The van der Waals surface area contributed by atoms with E-state index < -0.39 is 41.0 Å². The molecular formula is C33H34F6N2O5. The molecule has 0 spiro atoms. The highest BCUT2D eigenvalue weighted by molar-refractivity contribution is 6.07. The van der Waals surface area contributed by atoms with Gasteiger partial charge in [-0.3, -0.25) is 9.69 Å². The molecule has 1 fully saturated rings. The Morgan fingerprint density at radius 1 is 0.870 bits per heavy atom. The number of carbonyl (C=O) groups excluding carboxylic acids is 2. The molecule has 3 amide bonds. The van der Waals surface area contributed by atoms with Crippen LogP contribution in [-0.2, 0) is 28.8 Å². The third-order valence-electron chi connectivity index (χ3n) is 7.67. The molecule has 0 aliphatic carbocycles. The topological polar surface area (TPSA) is 88.1 Å². The molecule has 0 radical (unpaired) electrons. The first-order valence-electron chi connectivity index (χ1n) is 14.6. The summed E-state index contributed by atoms with van der Waals surface area (Å²) in [7, 11) is 0. The summed E-state index contributed by atoms with van der Waals surface area (Å²) in [4.78, 5) is 27.2. The van der Waals surface area contributed by atoms with Crippen LogP contribution in [0.2, 0.25) is 0 Å². The van der Waals surface area contributed by atoms with E-state index in [0.717, 1.165) is 16.5 Å². The molecule has 3 aromatic carbocycles. The van der Waals surface area contributed by atoms with Crippen molar-refractivity contribution < 1.29 is 50.5 Å². The van der Waals surface area contributed by atoms with Crippen molar-refractivity contribution in [2.75, 3.05) is 6.54 Å². The van der Waals surface area contributed by atoms with Crippen LogP contribution in [0.1, 0.15) is 56.4 Å². The van der Waals surface area contributed by atoms with E-state index in [-0.39, 0.29) is 36.1 Å². The number of ether oxygens (including phenoxy) is 2. The van der Waals surface area contributed by atoms with Crippen molar-refractivity contribution in [3.63, 3.8) is 0 Å². The first-order chi connectivity index (χ1) is 21.4. The van der Waals surface area contributed by atoms with Crippen LogP contribution in [0.5, 0.6) is 17.2 Å². The standard InChI is InChI=1S/C33H34F6N2O5/c1-5-6-22-19-24(31(44,32(34,35)36)33(37,38)39)11-16-27(22)46-26-12-7-21(8-13-26)17-18-41-28(42)30(4,40-29(41)43)23-9-14-25(15-10-23)45-20(2)3/h7-16,19-20,44H,5-6,17-18H2,1-4H3,(H,40,43). The van der Waals surface area contributed by atoms with Gasteiger partial charge in [0.2, 0.25) is 0 Å². The molecule has 1 unspecified atom stereocenters. The van der Waals surface area contributed by atoms with E-state index in [4.69, 9.17) is 9.47 Å². The first-order valence-corrected chi connectivity index (χ1v) is 14.6. The van der Waals surface area contributed by atoms with Crippen molar-refractivity contribution in [1.29, 1.82) is 0 Å². The number of benzene rings is 3. The Bertz CT molecular complexity index is 1540. The van der Waals surface area contributed by atoms with E-state index in [1.54, 1.807) is 62.4 Å². The number of imide groups is 1. The minimum atomic E-state index is -6.00. The van der Waals surface area contributed by atoms with Gasteiger partial charge in [0.25, 0.3) is 11.5 Å². The predicted octanol–water partition coefficient (Wildman–Crippen LogP) is 7.54. The molecule has 13 heteroatoms. The van der Waals surface area contributed by atoms with Crippen LogP contribution in [-0.4, -0.2) is 46.9 Å². The minimum Gasteiger partial charge on any atom is -0.491 e. The number of aryl methyl sites for hydroxylation is 1. The molecule has 1 aliphatic heterocycles. The van der Waals surface area contributed by atoms with Gasteiger partial charge in [-0.2, -0.15) is 26.3 Å². The fourth-order valence-electron chi connectivity index (χ4n) is 5.18. The molecule has 2 N–H and O–H groups in total. The zero-order valence-corrected chi connectivity index (χ0v) is 25.6. The van der Waals surface area contributed by atoms with Crippen LogP contribution in [0.25, 0.3) is 0 Å². The van der Waals surface area contributed by atoms with E-state index in [0.29, 0.717) is 36.3 Å². The number of amides is 3. The van der Waals surface area contributed by atoms with Crippen LogP contribution in [0.4, 0.5) is 31.1 Å². The maximum atomic E-state index is 13.4. The lowest BCUT2D eigenvalue weighted by Crippen LogP contribution is -2.53. The summed E-state index contributed by atoms with van der Waals surface area (Å²) in [5.41, 5.74) is -6.26. The third kappa shape index (κ3) is 6.79. The van der Waals surface area contributed by atoms with Gasteiger partial charge in [-0.15, -0.1) is 0 Å². The van der Waals surface area contributed by atoms with Crippen LogP contribution in [0.3, 0.4) is 0 Å². The summed E-state index contributed by atoms with van der Waals surface area (Å²) in [6.07, 6.45) is -11.2. The van der Waals surface area contributed by atoms with E-state index in [9.17, 15) is 41.0 Å². The number of alkyl halides is 6. The molecule has 4 rings (SSSR count). The molecular weight excluding hydrogens is 618 g/mol. The fourth-order valence-corrected chi connectivity index (χ4v) is 5.18. The van der Waals surface area contributed by atoms with Crippen LogP contribution in [0, 0.1) is 0 Å². The lowest BCUT2D eigenvalue weighted by Gasteiger charge is -2.33. The summed E-state index contributed by atoms with van der Waals surface area (Å²) in [5.74, 6) is 0.512. The summed E-state index contributed by atoms with van der Waals surface area (Å²) in [6, 6.07) is 15.0. The molecule has 1 atom stereocenters. The average molecular weight is 653 g/mol. The number of carbonyl (C=O) groups is 2. The molecule has 7 nitrogen and oxygen atoms in total. The molecule has 0 bridgehead atoms. The Labute approximate surface area is 262 Å². The Kier molecular flexibility index (Phi) is 9.67. The Morgan fingerprint density at radius 2 is 1.46 bits per heavy atom. The van der Waals surface area contributed by atoms with Gasteiger partial charge in [0.05, 0.1) is 6.10 Å². The smallest absolute Gasteiger partial charge is 0.430 e. The van der Waals surface area contributed by atoms with Gasteiger partial charge in [0.1, 0.15) is 22.8 Å². The maximum absolute atomic E-state index is 13.4. The molecule has 0 saturated carbocycles. The number of hydrogen-bond acceptors (Lipinski definition) is 5. The van der Waals surface area contributed by atoms with Gasteiger partial charge < -0.3 is 19.9 Å². The monoisotopic (exact) mass is 652 g/mol. The third-order valence-corrected chi connectivity index (χ3v) is 7.67. The molecule has 0 aromatic heterocycles. The summed E-state index contributed by atoms with van der Waals surface area (Å²) < 4.78 is 91.9. The van der Waals surface area contributed by atoms with E-state index in [1.807, 2.05) is 13.8 Å². The highest BCUT2D eigenvalue weighted by Gasteiger charge is 2.71. The first kappa shape index (κ1) is 34.6. The van der Waals surface area contributed by atoms with Gasteiger partial charge >= 0.3 is 18.4 Å². The molecule has 1 saturated heterocycles. The largest absolute Gasteiger partial charge is 0.491 e. The number of nitrogens with zero attached hydrogens (tertiary/aromatic N) is 1. The van der Waals surface area contributed by atoms with E-state index in [2.05, 4.69) is 5.32 Å². The van der Waals surface area contributed by atoms with Crippen molar-refractivity contribution in [3.05, 3.63) is 89.0 Å². The van der Waals surface area contributed by atoms with Gasteiger partial charge in [0.15, 0.2) is 0 Å². The second kappa shape index (κ2) is 12.9. The van der Waals surface area contributed by atoms with Gasteiger partial charge in [0, 0.05) is 12.1 Å². The normalized spacial score (nSPS) is 17.4. The molecule has 248 valence electrons. The predicted molar refractivity (Wildman–Crippen MR) is 156 cm³/mol. The SMILES string of the molecule is CCCc1cc(C(O)(C(F)(F)F)C(F)(F)F)ccc1Oc1ccc(CCN2C(=O)NC(C)(c3ccc(OC(C)C)cc3)C2=O)cc1.